The van der Waals surface area contributed by atoms with E-state index in [0.29, 0.717) is 21.3 Å². The molecule has 33 heavy (non-hydrogen) atoms. The average Bonchev–Trinajstić information content (AvgIpc) is 2.95. The predicted molar refractivity (Wildman–Crippen MR) is 134 cm³/mol. The largest absolute Gasteiger partial charge is 0.387 e. The molecule has 5 nitrogen and oxygen atoms in total. The van der Waals surface area contributed by atoms with Crippen molar-refractivity contribution in [2.24, 2.45) is 0 Å². The minimum atomic E-state index is -1.23. The maximum atomic E-state index is 13.7. The summed E-state index contributed by atoms with van der Waals surface area (Å²) >= 11 is 15.7. The number of hydrogen-bond acceptors (Lipinski definition) is 3. The number of carbonyl (C=O) groups is 2. The topological polar surface area (TPSA) is 60.9 Å². The molecule has 0 saturated carbocycles. The lowest BCUT2D eigenvalue weighted by Gasteiger charge is -2.33. The molecule has 1 saturated heterocycles. The fourth-order valence-corrected chi connectivity index (χ4v) is 4.85. The summed E-state index contributed by atoms with van der Waals surface area (Å²) in [5, 5.41) is 11.5. The van der Waals surface area contributed by atoms with E-state index in [4.69, 9.17) is 23.2 Å². The van der Waals surface area contributed by atoms with Crippen molar-refractivity contribution in [2.45, 2.75) is 25.0 Å². The molecule has 0 aromatic heterocycles. The van der Waals surface area contributed by atoms with Crippen LogP contribution in [0.4, 0.5) is 10.5 Å². The van der Waals surface area contributed by atoms with Crippen molar-refractivity contribution in [2.75, 3.05) is 11.4 Å². The van der Waals surface area contributed by atoms with Crippen LogP contribution in [0.2, 0.25) is 10.0 Å². The Balaban J connectivity index is 1.74. The first kappa shape index (κ1) is 23.8. The Morgan fingerprint density at radius 1 is 0.970 bits per heavy atom. The summed E-state index contributed by atoms with van der Waals surface area (Å²) in [7, 11) is 0. The Bertz CT molecular complexity index is 1170. The molecule has 2 atom stereocenters. The maximum absolute atomic E-state index is 13.7. The van der Waals surface area contributed by atoms with Gasteiger partial charge in [-0.15, -0.1) is 0 Å². The second-order valence-electron chi connectivity index (χ2n) is 8.16. The van der Waals surface area contributed by atoms with Crippen LogP contribution in [-0.2, 0) is 11.2 Å². The Morgan fingerprint density at radius 3 is 2.18 bits per heavy atom. The van der Waals surface area contributed by atoms with Gasteiger partial charge in [0, 0.05) is 20.9 Å². The number of imide groups is 1. The summed E-state index contributed by atoms with van der Waals surface area (Å²) < 4.78 is 0.914. The van der Waals surface area contributed by atoms with Crippen LogP contribution in [0.1, 0.15) is 24.2 Å². The summed E-state index contributed by atoms with van der Waals surface area (Å²) in [5.41, 5.74) is 0.608. The number of halogens is 3. The van der Waals surface area contributed by atoms with Crippen molar-refractivity contribution in [3.8, 4) is 0 Å². The smallest absolute Gasteiger partial charge is 0.332 e. The molecule has 1 aliphatic rings. The minimum Gasteiger partial charge on any atom is -0.387 e. The first-order valence-electron chi connectivity index (χ1n) is 10.3. The lowest BCUT2D eigenvalue weighted by atomic mass is 9.90. The minimum absolute atomic E-state index is 0.0492. The zero-order valence-corrected chi connectivity index (χ0v) is 20.8. The number of β-amino-alcohol motifs (C(OH)–C–C–N with tert-alkyl or cyclic N) is 1. The van der Waals surface area contributed by atoms with Crippen LogP contribution in [0.25, 0.3) is 0 Å². The molecule has 1 heterocycles. The van der Waals surface area contributed by atoms with E-state index >= 15 is 0 Å². The SMILES string of the molecule is C[C@@]1(Cc2ccc(Br)cc2)C(=O)N(c2cc(Cl)cc(Cl)c2)C(=O)N1C[C@@H](O)c1ccccc1. The van der Waals surface area contributed by atoms with Gasteiger partial charge in [-0.1, -0.05) is 81.6 Å². The quantitative estimate of drug-likeness (QED) is 0.370. The molecule has 3 aromatic carbocycles. The number of hydrogen-bond donors (Lipinski definition) is 1. The number of amides is 3. The molecule has 1 aliphatic heterocycles. The number of nitrogens with zero attached hydrogens (tertiary/aromatic N) is 2. The van der Waals surface area contributed by atoms with Gasteiger partial charge >= 0.3 is 6.03 Å². The van der Waals surface area contributed by atoms with E-state index in [1.807, 2.05) is 42.5 Å². The Hall–Kier alpha value is -2.38. The van der Waals surface area contributed by atoms with Crippen molar-refractivity contribution in [3.05, 3.63) is 98.4 Å². The normalized spacial score (nSPS) is 19.3. The van der Waals surface area contributed by atoms with Crippen LogP contribution in [0, 0.1) is 0 Å². The monoisotopic (exact) mass is 546 g/mol. The standard InChI is InChI=1S/C25H21BrCl2N2O3/c1-25(14-16-7-9-18(26)10-8-16)23(32)30(21-12-19(27)11-20(28)13-21)24(33)29(25)15-22(31)17-5-3-2-4-6-17/h2-13,22,31H,14-15H2,1H3/t22-,25-/m1/s1. The molecule has 4 rings (SSSR count). The Morgan fingerprint density at radius 2 is 1.58 bits per heavy atom. The number of benzene rings is 3. The van der Waals surface area contributed by atoms with Crippen molar-refractivity contribution in [1.82, 2.24) is 4.90 Å². The lowest BCUT2D eigenvalue weighted by Crippen LogP contribution is -2.50. The van der Waals surface area contributed by atoms with Crippen LogP contribution in [-0.4, -0.2) is 34.0 Å². The first-order chi connectivity index (χ1) is 15.7. The van der Waals surface area contributed by atoms with Gasteiger partial charge in [0.25, 0.3) is 5.91 Å². The molecule has 8 heteroatoms. The highest BCUT2D eigenvalue weighted by Crippen LogP contribution is 2.38. The zero-order chi connectivity index (χ0) is 23.8. The maximum Gasteiger partial charge on any atom is 0.332 e. The number of urea groups is 1. The van der Waals surface area contributed by atoms with Crippen LogP contribution >= 0.6 is 39.1 Å². The van der Waals surface area contributed by atoms with Gasteiger partial charge in [-0.2, -0.15) is 0 Å². The molecular weight excluding hydrogens is 527 g/mol. The summed E-state index contributed by atoms with van der Waals surface area (Å²) in [4.78, 5) is 29.9. The van der Waals surface area contributed by atoms with Crippen molar-refractivity contribution >= 4 is 56.8 Å². The van der Waals surface area contributed by atoms with Crippen molar-refractivity contribution < 1.29 is 14.7 Å². The number of carbonyl (C=O) groups excluding carboxylic acids is 2. The average molecular weight is 548 g/mol. The van der Waals surface area contributed by atoms with Gasteiger partial charge in [-0.3, -0.25) is 4.79 Å². The molecule has 0 bridgehead atoms. The number of aliphatic hydroxyl groups is 1. The highest BCUT2D eigenvalue weighted by atomic mass is 79.9. The molecule has 0 aliphatic carbocycles. The van der Waals surface area contributed by atoms with Gasteiger partial charge in [-0.25, -0.2) is 9.69 Å². The summed E-state index contributed by atoms with van der Waals surface area (Å²) in [5.74, 6) is -0.408. The fraction of sp³-hybridized carbons (Fsp3) is 0.200. The van der Waals surface area contributed by atoms with E-state index in [2.05, 4.69) is 15.9 Å². The van der Waals surface area contributed by atoms with Gasteiger partial charge in [0.15, 0.2) is 0 Å². The predicted octanol–water partition coefficient (Wildman–Crippen LogP) is 6.26. The number of anilines is 1. The molecule has 0 radical (unpaired) electrons. The van der Waals surface area contributed by atoms with E-state index < -0.39 is 23.6 Å². The van der Waals surface area contributed by atoms with Gasteiger partial charge in [-0.05, 0) is 48.4 Å². The second-order valence-corrected chi connectivity index (χ2v) is 9.95. The second kappa shape index (κ2) is 9.47. The van der Waals surface area contributed by atoms with Crippen LogP contribution in [0.15, 0.2) is 77.3 Å². The van der Waals surface area contributed by atoms with Gasteiger partial charge in [0.05, 0.1) is 18.3 Å². The molecule has 1 N–H and O–H groups in total. The van der Waals surface area contributed by atoms with Gasteiger partial charge in [0.1, 0.15) is 5.54 Å². The zero-order valence-electron chi connectivity index (χ0n) is 17.7. The number of rotatable bonds is 6. The summed E-state index contributed by atoms with van der Waals surface area (Å²) in [6.45, 7) is 1.67. The highest BCUT2D eigenvalue weighted by molar-refractivity contribution is 9.10. The van der Waals surface area contributed by atoms with Gasteiger partial charge in [0.2, 0.25) is 0 Å². The third kappa shape index (κ3) is 4.80. The Labute approximate surface area is 210 Å². The summed E-state index contributed by atoms with van der Waals surface area (Å²) in [6, 6.07) is 20.7. The highest BCUT2D eigenvalue weighted by Gasteiger charge is 2.55. The third-order valence-corrected chi connectivity index (χ3v) is 6.75. The van der Waals surface area contributed by atoms with Crippen molar-refractivity contribution in [1.29, 1.82) is 0 Å². The van der Waals surface area contributed by atoms with E-state index in [1.54, 1.807) is 19.1 Å². The van der Waals surface area contributed by atoms with Crippen LogP contribution in [0.5, 0.6) is 0 Å². The Kier molecular flexibility index (Phi) is 6.82. The first-order valence-corrected chi connectivity index (χ1v) is 11.8. The van der Waals surface area contributed by atoms with E-state index in [-0.39, 0.29) is 13.0 Å². The molecule has 0 unspecified atom stereocenters. The third-order valence-electron chi connectivity index (χ3n) is 5.79. The van der Waals surface area contributed by atoms with Crippen molar-refractivity contribution in [3.63, 3.8) is 0 Å². The van der Waals surface area contributed by atoms with Gasteiger partial charge < -0.3 is 10.0 Å². The summed E-state index contributed by atoms with van der Waals surface area (Å²) in [6.07, 6.45) is -0.688. The molecule has 3 amide bonds. The molecular formula is C25H21BrCl2N2O3. The molecule has 1 fully saturated rings. The van der Waals surface area contributed by atoms with Crippen LogP contribution < -0.4 is 4.90 Å². The molecule has 170 valence electrons. The van der Waals surface area contributed by atoms with E-state index in [9.17, 15) is 14.7 Å². The van der Waals surface area contributed by atoms with E-state index in [1.165, 1.54) is 23.1 Å². The molecule has 3 aromatic rings. The van der Waals surface area contributed by atoms with Crippen LogP contribution in [0.3, 0.4) is 0 Å². The van der Waals surface area contributed by atoms with E-state index in [0.717, 1.165) is 14.9 Å². The fourth-order valence-electron chi connectivity index (χ4n) is 4.07. The lowest BCUT2D eigenvalue weighted by molar-refractivity contribution is -0.124. The molecule has 0 spiro atoms. The number of aliphatic hydroxyl groups excluding tert-OH is 1.